The van der Waals surface area contributed by atoms with Gasteiger partial charge in [-0.1, -0.05) is 20.8 Å². The van der Waals surface area contributed by atoms with Crippen LogP contribution in [0.1, 0.15) is 26.3 Å². The van der Waals surface area contributed by atoms with E-state index >= 15 is 0 Å². The molecule has 0 spiro atoms. The van der Waals surface area contributed by atoms with Gasteiger partial charge < -0.3 is 14.9 Å². The summed E-state index contributed by atoms with van der Waals surface area (Å²) >= 11 is 0. The van der Waals surface area contributed by atoms with E-state index in [4.69, 9.17) is 4.74 Å². The van der Waals surface area contributed by atoms with Gasteiger partial charge in [-0.25, -0.2) is 0 Å². The SMILES string of the molecule is CC(C)(C)c1c(Oc2ccc([N+](=O)[O-])nc2)ccnc1-c1cn[nH]c1. The average Bonchev–Trinajstić information content (AvgIpc) is 3.08. The maximum atomic E-state index is 10.7. The summed E-state index contributed by atoms with van der Waals surface area (Å²) in [6.45, 7) is 6.19. The summed E-state index contributed by atoms with van der Waals surface area (Å²) in [6.07, 6.45) is 6.47. The molecule has 0 radical (unpaired) electrons. The van der Waals surface area contributed by atoms with Crippen molar-refractivity contribution >= 4 is 5.82 Å². The van der Waals surface area contributed by atoms with E-state index in [9.17, 15) is 10.1 Å². The van der Waals surface area contributed by atoms with E-state index in [-0.39, 0.29) is 11.2 Å². The Kier molecular flexibility index (Phi) is 4.18. The van der Waals surface area contributed by atoms with E-state index in [1.807, 2.05) is 0 Å². The molecule has 0 bridgehead atoms. The topological polar surface area (TPSA) is 107 Å². The molecular weight excluding hydrogens is 322 g/mol. The molecule has 0 atom stereocenters. The van der Waals surface area contributed by atoms with Crippen molar-refractivity contribution in [2.75, 3.05) is 0 Å². The van der Waals surface area contributed by atoms with Crippen LogP contribution in [0.25, 0.3) is 11.3 Å². The van der Waals surface area contributed by atoms with Gasteiger partial charge in [-0.2, -0.15) is 5.10 Å². The van der Waals surface area contributed by atoms with Crippen LogP contribution in [0.3, 0.4) is 0 Å². The van der Waals surface area contributed by atoms with Crippen LogP contribution in [0, 0.1) is 10.1 Å². The molecule has 0 saturated carbocycles. The van der Waals surface area contributed by atoms with Gasteiger partial charge in [0.2, 0.25) is 0 Å². The minimum absolute atomic E-state index is 0.225. The van der Waals surface area contributed by atoms with Crippen LogP contribution in [0.2, 0.25) is 0 Å². The van der Waals surface area contributed by atoms with E-state index in [0.29, 0.717) is 11.5 Å². The number of aromatic nitrogens is 4. The number of aromatic amines is 1. The first-order chi connectivity index (χ1) is 11.9. The van der Waals surface area contributed by atoms with Crippen LogP contribution in [0.4, 0.5) is 5.82 Å². The number of ether oxygens (including phenoxy) is 1. The fraction of sp³-hybridized carbons (Fsp3) is 0.235. The lowest BCUT2D eigenvalue weighted by molar-refractivity contribution is -0.389. The van der Waals surface area contributed by atoms with E-state index in [1.54, 1.807) is 24.7 Å². The van der Waals surface area contributed by atoms with Crippen molar-refractivity contribution in [1.82, 2.24) is 20.2 Å². The number of pyridine rings is 2. The summed E-state index contributed by atoms with van der Waals surface area (Å²) < 4.78 is 5.95. The molecule has 0 unspecified atom stereocenters. The molecule has 8 heteroatoms. The molecule has 3 aromatic rings. The van der Waals surface area contributed by atoms with Crippen LogP contribution in [0.5, 0.6) is 11.5 Å². The van der Waals surface area contributed by atoms with Crippen molar-refractivity contribution in [3.8, 4) is 22.8 Å². The second kappa shape index (κ2) is 6.31. The summed E-state index contributed by atoms with van der Waals surface area (Å²) in [5, 5.41) is 17.5. The summed E-state index contributed by atoms with van der Waals surface area (Å²) in [7, 11) is 0. The Balaban J connectivity index is 2.04. The number of rotatable bonds is 4. The predicted octanol–water partition coefficient (Wildman–Crippen LogP) is 3.86. The van der Waals surface area contributed by atoms with Gasteiger partial charge in [0.1, 0.15) is 5.75 Å². The van der Waals surface area contributed by atoms with Gasteiger partial charge in [-0.15, -0.1) is 0 Å². The summed E-state index contributed by atoms with van der Waals surface area (Å²) in [6, 6.07) is 4.60. The van der Waals surface area contributed by atoms with Crippen LogP contribution in [-0.2, 0) is 5.41 Å². The molecule has 3 rings (SSSR count). The third kappa shape index (κ3) is 3.47. The molecule has 128 valence electrons. The molecule has 0 fully saturated rings. The summed E-state index contributed by atoms with van der Waals surface area (Å²) in [4.78, 5) is 18.4. The van der Waals surface area contributed by atoms with Gasteiger partial charge in [0.25, 0.3) is 0 Å². The second-order valence-electron chi connectivity index (χ2n) is 6.48. The lowest BCUT2D eigenvalue weighted by atomic mass is 9.84. The Morgan fingerprint density at radius 1 is 1.16 bits per heavy atom. The van der Waals surface area contributed by atoms with Crippen molar-refractivity contribution in [3.05, 3.63) is 58.7 Å². The normalized spacial score (nSPS) is 11.3. The number of nitrogens with zero attached hydrogens (tertiary/aromatic N) is 4. The van der Waals surface area contributed by atoms with Gasteiger partial charge in [0, 0.05) is 29.6 Å². The van der Waals surface area contributed by atoms with Gasteiger partial charge in [-0.05, 0) is 27.5 Å². The third-order valence-electron chi connectivity index (χ3n) is 3.57. The van der Waals surface area contributed by atoms with Gasteiger partial charge in [-0.3, -0.25) is 10.1 Å². The molecular formula is C17H17N5O3. The van der Waals surface area contributed by atoms with E-state index in [0.717, 1.165) is 16.8 Å². The zero-order chi connectivity index (χ0) is 18.0. The largest absolute Gasteiger partial charge is 0.453 e. The Bertz CT molecular complexity index is 884. The molecule has 3 heterocycles. The third-order valence-corrected chi connectivity index (χ3v) is 3.57. The molecule has 0 aliphatic rings. The predicted molar refractivity (Wildman–Crippen MR) is 91.5 cm³/mol. The highest BCUT2D eigenvalue weighted by Crippen LogP contribution is 2.39. The summed E-state index contributed by atoms with van der Waals surface area (Å²) in [5.74, 6) is 0.812. The second-order valence-corrected chi connectivity index (χ2v) is 6.48. The highest BCUT2D eigenvalue weighted by molar-refractivity contribution is 5.66. The maximum Gasteiger partial charge on any atom is 0.363 e. The molecule has 0 saturated heterocycles. The fourth-order valence-electron chi connectivity index (χ4n) is 2.52. The van der Waals surface area contributed by atoms with Crippen LogP contribution < -0.4 is 4.74 Å². The van der Waals surface area contributed by atoms with Gasteiger partial charge >= 0.3 is 5.82 Å². The number of nitrogens with one attached hydrogen (secondary N) is 1. The fourth-order valence-corrected chi connectivity index (χ4v) is 2.52. The Labute approximate surface area is 144 Å². The molecule has 8 nitrogen and oxygen atoms in total. The molecule has 0 aromatic carbocycles. The van der Waals surface area contributed by atoms with E-state index in [1.165, 1.54) is 18.3 Å². The lowest BCUT2D eigenvalue weighted by Gasteiger charge is -2.24. The first-order valence-electron chi connectivity index (χ1n) is 7.63. The van der Waals surface area contributed by atoms with Gasteiger partial charge in [0.15, 0.2) is 11.9 Å². The van der Waals surface area contributed by atoms with E-state index in [2.05, 4.69) is 40.9 Å². The number of nitro groups is 1. The zero-order valence-electron chi connectivity index (χ0n) is 14.1. The van der Waals surface area contributed by atoms with Crippen LogP contribution >= 0.6 is 0 Å². The maximum absolute atomic E-state index is 10.7. The highest BCUT2D eigenvalue weighted by Gasteiger charge is 2.26. The van der Waals surface area contributed by atoms with Crippen molar-refractivity contribution in [2.45, 2.75) is 26.2 Å². The first kappa shape index (κ1) is 16.6. The van der Waals surface area contributed by atoms with Crippen molar-refractivity contribution < 1.29 is 9.66 Å². The minimum Gasteiger partial charge on any atom is -0.453 e. The Morgan fingerprint density at radius 2 is 1.96 bits per heavy atom. The molecule has 0 aliphatic heterocycles. The lowest BCUT2D eigenvalue weighted by Crippen LogP contribution is -2.15. The van der Waals surface area contributed by atoms with Crippen LogP contribution in [-0.4, -0.2) is 25.1 Å². The number of H-pyrrole nitrogens is 1. The average molecular weight is 339 g/mol. The Morgan fingerprint density at radius 3 is 2.52 bits per heavy atom. The van der Waals surface area contributed by atoms with Crippen molar-refractivity contribution in [3.63, 3.8) is 0 Å². The molecule has 25 heavy (non-hydrogen) atoms. The standard InChI is InChI=1S/C17H17N5O3/c1-17(2,3)15-13(6-7-18-16(15)11-8-20-21-9-11)25-12-4-5-14(19-10-12)22(23)24/h4-10H,1-3H3,(H,20,21). The molecule has 1 N–H and O–H groups in total. The van der Waals surface area contributed by atoms with Crippen LogP contribution in [0.15, 0.2) is 43.0 Å². The number of hydrogen-bond donors (Lipinski definition) is 1. The zero-order valence-corrected chi connectivity index (χ0v) is 14.1. The number of hydrogen-bond acceptors (Lipinski definition) is 6. The Hall–Kier alpha value is -3.29. The highest BCUT2D eigenvalue weighted by atomic mass is 16.6. The first-order valence-corrected chi connectivity index (χ1v) is 7.63. The quantitative estimate of drug-likeness (QED) is 0.571. The molecule has 0 aliphatic carbocycles. The molecule has 3 aromatic heterocycles. The van der Waals surface area contributed by atoms with E-state index < -0.39 is 4.92 Å². The summed E-state index contributed by atoms with van der Waals surface area (Å²) in [5.41, 5.74) is 2.30. The van der Waals surface area contributed by atoms with Gasteiger partial charge in [0.05, 0.1) is 11.9 Å². The monoisotopic (exact) mass is 339 g/mol. The smallest absolute Gasteiger partial charge is 0.363 e. The minimum atomic E-state index is -0.548. The molecule has 0 amide bonds. The van der Waals surface area contributed by atoms with Crippen molar-refractivity contribution in [1.29, 1.82) is 0 Å². The van der Waals surface area contributed by atoms with Crippen molar-refractivity contribution in [2.24, 2.45) is 0 Å².